The second-order valence-corrected chi connectivity index (χ2v) is 5.95. The average molecular weight is 371 g/mol. The maximum absolute atomic E-state index is 12.7. The maximum atomic E-state index is 12.7. The minimum Gasteiger partial charge on any atom is -0.471 e. The number of carbonyl (C=O) groups is 2. The summed E-state index contributed by atoms with van der Waals surface area (Å²) in [5.41, 5.74) is 4.13. The van der Waals surface area contributed by atoms with Gasteiger partial charge in [-0.15, -0.1) is 0 Å². The van der Waals surface area contributed by atoms with Gasteiger partial charge in [0, 0.05) is 11.1 Å². The summed E-state index contributed by atoms with van der Waals surface area (Å²) in [5, 5.41) is 4.09. The Labute approximate surface area is 157 Å². The Morgan fingerprint density at radius 3 is 2.35 bits per heavy atom. The molecule has 134 valence electrons. The number of fused-ring (bicyclic) bond motifs is 1. The topological polar surface area (TPSA) is 68.3 Å². The molecule has 0 spiro atoms. The van der Waals surface area contributed by atoms with Crippen molar-refractivity contribution >= 4 is 40.6 Å². The summed E-state index contributed by atoms with van der Waals surface area (Å²) < 4.78 is 3.86. The van der Waals surface area contributed by atoms with Crippen molar-refractivity contribution in [3.05, 3.63) is 70.4 Å². The van der Waals surface area contributed by atoms with Crippen LogP contribution < -0.4 is 5.32 Å². The second-order valence-electron chi connectivity index (χ2n) is 5.56. The molecule has 1 heterocycles. The van der Waals surface area contributed by atoms with Crippen LogP contribution in [0.1, 0.15) is 21.5 Å². The summed E-state index contributed by atoms with van der Waals surface area (Å²) in [6.07, 6.45) is 0. The summed E-state index contributed by atoms with van der Waals surface area (Å²) in [5.74, 6) is -0.182. The van der Waals surface area contributed by atoms with Gasteiger partial charge in [-0.1, -0.05) is 48.0 Å². The molecule has 0 radical (unpaired) electrons. The van der Waals surface area contributed by atoms with Crippen LogP contribution in [-0.4, -0.2) is 24.5 Å². The van der Waals surface area contributed by atoms with E-state index in [1.165, 1.54) is 7.11 Å². The Morgan fingerprint density at radius 2 is 1.73 bits per heavy atom. The lowest BCUT2D eigenvalue weighted by Crippen LogP contribution is -2.14. The van der Waals surface area contributed by atoms with E-state index in [1.807, 2.05) is 56.3 Å². The van der Waals surface area contributed by atoms with Crippen molar-refractivity contribution in [3.63, 3.8) is 0 Å². The molecule has 3 rings (SSSR count). The van der Waals surface area contributed by atoms with Crippen LogP contribution >= 0.6 is 11.6 Å². The van der Waals surface area contributed by atoms with Crippen molar-refractivity contribution in [3.8, 4) is 0 Å². The average Bonchev–Trinajstić information content (AvgIpc) is 2.64. The quantitative estimate of drug-likeness (QED) is 0.542. The van der Waals surface area contributed by atoms with Gasteiger partial charge in [0.2, 0.25) is 0 Å². The molecule has 0 saturated heterocycles. The minimum absolute atomic E-state index is 0.182. The van der Waals surface area contributed by atoms with Crippen LogP contribution in [-0.2, 0) is 9.53 Å². The summed E-state index contributed by atoms with van der Waals surface area (Å²) in [6, 6.07) is 15.0. The number of aryl methyl sites for hydroxylation is 2. The predicted octanol–water partition coefficient (Wildman–Crippen LogP) is 4.55. The third-order valence-electron chi connectivity index (χ3n) is 3.75. The van der Waals surface area contributed by atoms with Crippen molar-refractivity contribution in [1.29, 1.82) is 0 Å². The summed E-state index contributed by atoms with van der Waals surface area (Å²) >= 11 is 6.04. The molecule has 0 unspecified atom stereocenters. The van der Waals surface area contributed by atoms with E-state index in [4.69, 9.17) is 16.4 Å². The SMILES string of the molecule is COC=O.Cc1cccc(C)c1NC(=O)c1cc(Cl)nc2ccccc12. The molecule has 26 heavy (non-hydrogen) atoms. The Kier molecular flexibility index (Phi) is 6.69. The predicted molar refractivity (Wildman–Crippen MR) is 104 cm³/mol. The fraction of sp³-hybridized carbons (Fsp3) is 0.150. The van der Waals surface area contributed by atoms with Gasteiger partial charge in [-0.25, -0.2) is 4.98 Å². The van der Waals surface area contributed by atoms with Gasteiger partial charge in [0.25, 0.3) is 12.4 Å². The third kappa shape index (κ3) is 4.58. The molecule has 1 N–H and O–H groups in total. The van der Waals surface area contributed by atoms with E-state index in [2.05, 4.69) is 15.0 Å². The van der Waals surface area contributed by atoms with E-state index in [1.54, 1.807) is 6.07 Å². The number of ether oxygens (including phenoxy) is 1. The largest absolute Gasteiger partial charge is 0.471 e. The summed E-state index contributed by atoms with van der Waals surface area (Å²) in [6.45, 7) is 4.32. The minimum atomic E-state index is -0.182. The van der Waals surface area contributed by atoms with Gasteiger partial charge >= 0.3 is 0 Å². The molecular weight excluding hydrogens is 352 g/mol. The highest BCUT2D eigenvalue weighted by Gasteiger charge is 2.14. The number of hydrogen-bond acceptors (Lipinski definition) is 4. The number of rotatable bonds is 3. The zero-order valence-electron chi connectivity index (χ0n) is 14.7. The molecule has 0 saturated carbocycles. The standard InChI is InChI=1S/C18H15ClN2O.C2H4O2/c1-11-6-5-7-12(2)17(11)21-18(22)14-10-16(19)20-15-9-4-3-8-13(14)15;1-4-2-3/h3-10H,1-2H3,(H,21,22);2H,1H3. The Morgan fingerprint density at radius 1 is 1.12 bits per heavy atom. The second kappa shape index (κ2) is 8.97. The van der Waals surface area contributed by atoms with Crippen LogP contribution in [0.25, 0.3) is 10.9 Å². The van der Waals surface area contributed by atoms with Crippen LogP contribution in [0.4, 0.5) is 5.69 Å². The van der Waals surface area contributed by atoms with Gasteiger partial charge in [-0.2, -0.15) is 0 Å². The molecule has 6 heteroatoms. The molecule has 0 atom stereocenters. The first-order valence-electron chi connectivity index (χ1n) is 7.87. The number of nitrogens with zero attached hydrogens (tertiary/aromatic N) is 1. The molecule has 1 aromatic heterocycles. The fourth-order valence-electron chi connectivity index (χ4n) is 2.52. The van der Waals surface area contributed by atoms with Crippen molar-refractivity contribution in [1.82, 2.24) is 4.98 Å². The summed E-state index contributed by atoms with van der Waals surface area (Å²) in [4.78, 5) is 25.9. The van der Waals surface area contributed by atoms with Crippen molar-refractivity contribution in [2.45, 2.75) is 13.8 Å². The van der Waals surface area contributed by atoms with Gasteiger partial charge in [-0.3, -0.25) is 9.59 Å². The van der Waals surface area contributed by atoms with E-state index in [0.29, 0.717) is 22.7 Å². The number of pyridine rings is 1. The third-order valence-corrected chi connectivity index (χ3v) is 3.94. The number of aromatic nitrogens is 1. The number of methoxy groups -OCH3 is 1. The number of carbonyl (C=O) groups excluding carboxylic acids is 2. The van der Waals surface area contributed by atoms with Crippen molar-refractivity contribution < 1.29 is 14.3 Å². The van der Waals surface area contributed by atoms with E-state index in [-0.39, 0.29) is 5.91 Å². The zero-order chi connectivity index (χ0) is 19.1. The normalized spacial score (nSPS) is 9.85. The van der Waals surface area contributed by atoms with Crippen molar-refractivity contribution in [2.75, 3.05) is 12.4 Å². The number of amides is 1. The molecule has 3 aromatic rings. The molecule has 0 bridgehead atoms. The smallest absolute Gasteiger partial charge is 0.292 e. The van der Waals surface area contributed by atoms with Gasteiger partial charge < -0.3 is 10.1 Å². The first-order valence-corrected chi connectivity index (χ1v) is 8.25. The Bertz CT molecular complexity index is 921. The number of nitrogens with one attached hydrogen (secondary N) is 1. The molecule has 2 aromatic carbocycles. The van der Waals surface area contributed by atoms with Gasteiger partial charge in [0.05, 0.1) is 18.2 Å². The molecule has 1 amide bonds. The van der Waals surface area contributed by atoms with E-state index in [0.717, 1.165) is 22.2 Å². The monoisotopic (exact) mass is 370 g/mol. The first kappa shape index (κ1) is 19.4. The molecule has 0 aliphatic rings. The highest BCUT2D eigenvalue weighted by atomic mass is 35.5. The number of halogens is 1. The van der Waals surface area contributed by atoms with Gasteiger partial charge in [0.15, 0.2) is 0 Å². The number of benzene rings is 2. The number of para-hydroxylation sites is 2. The molecule has 0 fully saturated rings. The van der Waals surface area contributed by atoms with Crippen LogP contribution in [0.5, 0.6) is 0 Å². The first-order chi connectivity index (χ1) is 12.5. The molecular formula is C20H19ClN2O3. The highest BCUT2D eigenvalue weighted by Crippen LogP contribution is 2.24. The van der Waals surface area contributed by atoms with Crippen LogP contribution in [0, 0.1) is 13.8 Å². The molecule has 0 aliphatic carbocycles. The lowest BCUT2D eigenvalue weighted by molar-refractivity contribution is -0.126. The number of anilines is 1. The number of hydrogen-bond donors (Lipinski definition) is 1. The zero-order valence-corrected chi connectivity index (χ0v) is 15.5. The van der Waals surface area contributed by atoms with E-state index >= 15 is 0 Å². The van der Waals surface area contributed by atoms with Gasteiger partial charge in [-0.05, 0) is 37.1 Å². The summed E-state index contributed by atoms with van der Waals surface area (Å²) in [7, 11) is 1.31. The van der Waals surface area contributed by atoms with E-state index < -0.39 is 0 Å². The highest BCUT2D eigenvalue weighted by molar-refractivity contribution is 6.30. The maximum Gasteiger partial charge on any atom is 0.292 e. The Hall–Kier alpha value is -2.92. The molecule has 0 aliphatic heterocycles. The molecule has 5 nitrogen and oxygen atoms in total. The fourth-order valence-corrected chi connectivity index (χ4v) is 2.72. The Balaban J connectivity index is 0.000000552. The lowest BCUT2D eigenvalue weighted by Gasteiger charge is -2.12. The van der Waals surface area contributed by atoms with Gasteiger partial charge in [0.1, 0.15) is 5.15 Å². The lowest BCUT2D eigenvalue weighted by atomic mass is 10.1. The van der Waals surface area contributed by atoms with Crippen molar-refractivity contribution in [2.24, 2.45) is 0 Å². The van der Waals surface area contributed by atoms with E-state index in [9.17, 15) is 4.79 Å². The van der Waals surface area contributed by atoms with Crippen LogP contribution in [0.3, 0.4) is 0 Å². The van der Waals surface area contributed by atoms with Crippen LogP contribution in [0.2, 0.25) is 5.15 Å². The van der Waals surface area contributed by atoms with Crippen LogP contribution in [0.15, 0.2) is 48.5 Å².